The van der Waals surface area contributed by atoms with E-state index in [0.717, 1.165) is 13.0 Å². The molecule has 0 aliphatic heterocycles. The first kappa shape index (κ1) is 16.5. The molecule has 0 aliphatic rings. The molecule has 66 valence electrons. The van der Waals surface area contributed by atoms with Gasteiger partial charge in [0.2, 0.25) is 0 Å². The van der Waals surface area contributed by atoms with E-state index in [9.17, 15) is 0 Å². The van der Waals surface area contributed by atoms with Crippen LogP contribution >= 0.6 is 0 Å². The maximum atomic E-state index is 4.69. The first-order valence-electron chi connectivity index (χ1n) is 3.90. The van der Waals surface area contributed by atoms with Crippen molar-refractivity contribution < 1.29 is 4.74 Å². The van der Waals surface area contributed by atoms with Gasteiger partial charge in [-0.25, -0.2) is 0 Å². The maximum Gasteiger partial charge on any atom is 0.0459 e. The molecule has 2 nitrogen and oxygen atoms in total. The first-order chi connectivity index (χ1) is 4.83. The number of ether oxygens (including phenoxy) is 1. The molecule has 0 aliphatic carbocycles. The van der Waals surface area contributed by atoms with E-state index in [-0.39, 0.29) is 0 Å². The van der Waals surface area contributed by atoms with E-state index in [1.807, 2.05) is 27.9 Å². The molecule has 0 saturated heterocycles. The van der Waals surface area contributed by atoms with Crippen LogP contribution < -0.4 is 5.32 Å². The molecule has 0 aromatic rings. The maximum absolute atomic E-state index is 4.69. The summed E-state index contributed by atoms with van der Waals surface area (Å²) >= 11 is 0. The van der Waals surface area contributed by atoms with Gasteiger partial charge in [-0.05, 0) is 20.5 Å². The first-order valence-corrected chi connectivity index (χ1v) is 3.90. The Morgan fingerprint density at radius 3 is 1.50 bits per heavy atom. The Morgan fingerprint density at radius 2 is 1.50 bits per heavy atom. The lowest BCUT2D eigenvalue weighted by Gasteiger charge is -1.84. The van der Waals surface area contributed by atoms with Crippen molar-refractivity contribution in [2.24, 2.45) is 0 Å². The molecule has 0 radical (unpaired) electrons. The minimum atomic E-state index is 0.889. The van der Waals surface area contributed by atoms with E-state index >= 15 is 0 Å². The zero-order valence-electron chi connectivity index (χ0n) is 8.32. The summed E-state index contributed by atoms with van der Waals surface area (Å²) in [5, 5.41) is 2.75. The molecule has 0 aromatic carbocycles. The van der Waals surface area contributed by atoms with Crippen molar-refractivity contribution >= 4 is 0 Å². The Hall–Kier alpha value is -0.0800. The van der Waals surface area contributed by atoms with Crippen LogP contribution in [0.2, 0.25) is 0 Å². The number of methoxy groups -OCH3 is 1. The lowest BCUT2D eigenvalue weighted by molar-refractivity contribution is 0.199. The Labute approximate surface area is 66.0 Å². The largest absolute Gasteiger partial charge is 0.385 e. The molecule has 2 heteroatoms. The van der Waals surface area contributed by atoms with Crippen molar-refractivity contribution in [2.45, 2.75) is 27.2 Å². The lowest BCUT2D eigenvalue weighted by atomic mass is 10.5. The third-order valence-corrected chi connectivity index (χ3v) is 0.408. The topological polar surface area (TPSA) is 21.3 Å². The standard InChI is InChI=1S/C4H10O.C2H7N.C2H6/c1-3-4-5-2;1-3-2;1-2/h3-4H2,1-2H3;3H,1-2H3;1-2H3. The Morgan fingerprint density at radius 1 is 1.20 bits per heavy atom. The van der Waals surface area contributed by atoms with Gasteiger partial charge in [0.25, 0.3) is 0 Å². The van der Waals surface area contributed by atoms with Crippen molar-refractivity contribution in [2.75, 3.05) is 27.8 Å². The minimum absolute atomic E-state index is 0.889. The second-order valence-electron chi connectivity index (χ2n) is 1.49. The molecule has 0 atom stereocenters. The van der Waals surface area contributed by atoms with Gasteiger partial charge >= 0.3 is 0 Å². The highest BCUT2D eigenvalue weighted by Crippen LogP contribution is 1.70. The average molecular weight is 149 g/mol. The van der Waals surface area contributed by atoms with Crippen LogP contribution in [0.5, 0.6) is 0 Å². The van der Waals surface area contributed by atoms with E-state index in [4.69, 9.17) is 4.74 Å². The molecule has 0 saturated carbocycles. The van der Waals surface area contributed by atoms with Crippen molar-refractivity contribution in [1.82, 2.24) is 5.32 Å². The molecule has 0 spiro atoms. The molecule has 0 fully saturated rings. The number of hydrogen-bond acceptors (Lipinski definition) is 2. The molecule has 0 rings (SSSR count). The minimum Gasteiger partial charge on any atom is -0.385 e. The molecule has 0 aromatic heterocycles. The van der Waals surface area contributed by atoms with Crippen LogP contribution in [0, 0.1) is 0 Å². The number of rotatable bonds is 2. The Kier molecular flexibility index (Phi) is 60.0. The third-order valence-electron chi connectivity index (χ3n) is 0.408. The molecular formula is C8H23NO. The summed E-state index contributed by atoms with van der Waals surface area (Å²) in [5.74, 6) is 0. The molecule has 1 N–H and O–H groups in total. The van der Waals surface area contributed by atoms with E-state index in [1.54, 1.807) is 7.11 Å². The van der Waals surface area contributed by atoms with Gasteiger partial charge in [-0.3, -0.25) is 0 Å². The lowest BCUT2D eigenvalue weighted by Crippen LogP contribution is -1.89. The van der Waals surface area contributed by atoms with Crippen LogP contribution in [-0.4, -0.2) is 27.8 Å². The van der Waals surface area contributed by atoms with Crippen molar-refractivity contribution in [3.63, 3.8) is 0 Å². The summed E-state index contributed by atoms with van der Waals surface area (Å²) in [7, 11) is 5.46. The van der Waals surface area contributed by atoms with Crippen molar-refractivity contribution in [3.8, 4) is 0 Å². The Bertz CT molecular complexity index is 23.2. The molecular weight excluding hydrogens is 126 g/mol. The second-order valence-corrected chi connectivity index (χ2v) is 1.49. The fraction of sp³-hybridized carbons (Fsp3) is 1.00. The van der Waals surface area contributed by atoms with E-state index in [2.05, 4.69) is 12.2 Å². The number of hydrogen-bond donors (Lipinski definition) is 1. The highest BCUT2D eigenvalue weighted by atomic mass is 16.5. The SMILES string of the molecule is CC.CCCOC.CNC. The highest BCUT2D eigenvalue weighted by molar-refractivity contribution is 4.15. The zero-order valence-corrected chi connectivity index (χ0v) is 8.32. The summed E-state index contributed by atoms with van der Waals surface area (Å²) in [5.41, 5.74) is 0. The monoisotopic (exact) mass is 149 g/mol. The van der Waals surface area contributed by atoms with Gasteiger partial charge in [0.15, 0.2) is 0 Å². The van der Waals surface area contributed by atoms with Crippen LogP contribution in [0.15, 0.2) is 0 Å². The van der Waals surface area contributed by atoms with Gasteiger partial charge in [0.05, 0.1) is 0 Å². The summed E-state index contributed by atoms with van der Waals surface area (Å²) in [4.78, 5) is 0. The third kappa shape index (κ3) is 103. The van der Waals surface area contributed by atoms with E-state index in [0.29, 0.717) is 0 Å². The van der Waals surface area contributed by atoms with Gasteiger partial charge < -0.3 is 10.1 Å². The van der Waals surface area contributed by atoms with Crippen LogP contribution in [0.1, 0.15) is 27.2 Å². The van der Waals surface area contributed by atoms with Crippen molar-refractivity contribution in [1.29, 1.82) is 0 Å². The average Bonchev–Trinajstić information content (AvgIpc) is 1.96. The van der Waals surface area contributed by atoms with Crippen molar-refractivity contribution in [3.05, 3.63) is 0 Å². The summed E-state index contributed by atoms with van der Waals surface area (Å²) in [6.45, 7) is 6.98. The zero-order chi connectivity index (χ0) is 8.83. The van der Waals surface area contributed by atoms with Gasteiger partial charge in [-0.1, -0.05) is 20.8 Å². The highest BCUT2D eigenvalue weighted by Gasteiger charge is 1.66. The van der Waals surface area contributed by atoms with Crippen LogP contribution in [0.3, 0.4) is 0 Å². The smallest absolute Gasteiger partial charge is 0.0459 e. The Balaban J connectivity index is -0.0000000847. The van der Waals surface area contributed by atoms with E-state index in [1.165, 1.54) is 0 Å². The summed E-state index contributed by atoms with van der Waals surface area (Å²) in [6.07, 6.45) is 1.12. The molecule has 0 unspecified atom stereocenters. The summed E-state index contributed by atoms with van der Waals surface area (Å²) < 4.78 is 4.69. The fourth-order valence-electron chi connectivity index (χ4n) is 0.204. The van der Waals surface area contributed by atoms with Crippen LogP contribution in [0.25, 0.3) is 0 Å². The van der Waals surface area contributed by atoms with Gasteiger partial charge in [-0.2, -0.15) is 0 Å². The molecule has 0 bridgehead atoms. The van der Waals surface area contributed by atoms with Gasteiger partial charge in [0, 0.05) is 13.7 Å². The predicted molar refractivity (Wildman–Crippen MR) is 48.5 cm³/mol. The predicted octanol–water partition coefficient (Wildman–Crippen LogP) is 1.90. The van der Waals surface area contributed by atoms with Crippen LogP contribution in [0.4, 0.5) is 0 Å². The summed E-state index contributed by atoms with van der Waals surface area (Å²) in [6, 6.07) is 0. The number of nitrogens with one attached hydrogen (secondary N) is 1. The van der Waals surface area contributed by atoms with Crippen LogP contribution in [-0.2, 0) is 4.74 Å². The fourth-order valence-corrected chi connectivity index (χ4v) is 0.204. The van der Waals surface area contributed by atoms with E-state index < -0.39 is 0 Å². The molecule has 10 heavy (non-hydrogen) atoms. The van der Waals surface area contributed by atoms with Gasteiger partial charge in [-0.15, -0.1) is 0 Å². The van der Waals surface area contributed by atoms with Gasteiger partial charge in [0.1, 0.15) is 0 Å². The normalized spacial score (nSPS) is 6.60. The molecule has 0 amide bonds. The quantitative estimate of drug-likeness (QED) is 0.647. The molecule has 0 heterocycles. The second kappa shape index (κ2) is 36.4.